The van der Waals surface area contributed by atoms with Crippen LogP contribution in [0.4, 0.5) is 0 Å². The van der Waals surface area contributed by atoms with Crippen molar-refractivity contribution in [1.29, 1.82) is 0 Å². The van der Waals surface area contributed by atoms with E-state index in [0.717, 1.165) is 0 Å². The van der Waals surface area contributed by atoms with E-state index < -0.39 is 16.2 Å². The summed E-state index contributed by atoms with van der Waals surface area (Å²) in [6.45, 7) is 0. The Morgan fingerprint density at radius 1 is 1.18 bits per heavy atom. The van der Waals surface area contributed by atoms with Crippen molar-refractivity contribution in [2.45, 2.75) is 0 Å². The zero-order chi connectivity index (χ0) is 8.78. The first-order valence-corrected chi connectivity index (χ1v) is 2.78. The van der Waals surface area contributed by atoms with Crippen LogP contribution < -0.4 is 23.7 Å². The summed E-state index contributed by atoms with van der Waals surface area (Å²) in [5.41, 5.74) is 0. The first-order valence-electron chi connectivity index (χ1n) is 1.55. The molecule has 0 saturated heterocycles. The van der Waals surface area contributed by atoms with Crippen LogP contribution in [0.3, 0.4) is 0 Å². The number of hydrogen-bond acceptors (Lipinski definition) is 7. The normalized spacial score (nSPS) is 8.36. The van der Waals surface area contributed by atoms with Crippen LogP contribution in [0.25, 0.3) is 0 Å². The molecule has 0 spiro atoms. The molecule has 0 saturated carbocycles. The molecule has 0 aliphatic rings. The molecule has 0 aromatic carbocycles. The SMILES string of the molecule is O=CC(=O)[O-].[Fe+3].[O-][Cl+3]([O-])([O-])[O-]. The van der Waals surface area contributed by atoms with Crippen LogP contribution in [-0.4, -0.2) is 12.3 Å². The predicted molar refractivity (Wildman–Crippen MR) is 11.1 cm³/mol. The second-order valence-electron chi connectivity index (χ2n) is 0.815. The van der Waals surface area contributed by atoms with Gasteiger partial charge in [0.15, 0.2) is 6.29 Å². The molecule has 9 heteroatoms. The molecular formula is C2HClFeO7+. The van der Waals surface area contributed by atoms with Gasteiger partial charge in [-0.15, -0.1) is 10.2 Å². The fourth-order valence-electron chi connectivity index (χ4n) is 0. The fraction of sp³-hybridized carbons (Fsp3) is 0. The van der Waals surface area contributed by atoms with E-state index in [2.05, 4.69) is 0 Å². The van der Waals surface area contributed by atoms with E-state index >= 15 is 0 Å². The Bertz CT molecular complexity index is 112. The van der Waals surface area contributed by atoms with E-state index in [1.807, 2.05) is 0 Å². The fourth-order valence-corrected chi connectivity index (χ4v) is 0. The van der Waals surface area contributed by atoms with Gasteiger partial charge in [-0.2, -0.15) is 0 Å². The van der Waals surface area contributed by atoms with Crippen molar-refractivity contribution in [2.75, 3.05) is 0 Å². The summed E-state index contributed by atoms with van der Waals surface area (Å²) in [4.78, 5) is 17.7. The molecule has 0 aromatic rings. The molecule has 0 N–H and O–H groups in total. The third-order valence-electron chi connectivity index (χ3n) is 0.0962. The van der Waals surface area contributed by atoms with E-state index in [9.17, 15) is 0 Å². The Balaban J connectivity index is -0.000000107. The number of rotatable bonds is 1. The van der Waals surface area contributed by atoms with E-state index in [1.165, 1.54) is 0 Å². The summed E-state index contributed by atoms with van der Waals surface area (Å²) in [7, 11) is -4.94. The molecule has 65 valence electrons. The number of carbonyl (C=O) groups excluding carboxylic acids is 2. The molecule has 0 atom stereocenters. The Hall–Kier alpha value is -0.211. The van der Waals surface area contributed by atoms with Gasteiger partial charge in [0.05, 0.1) is 0 Å². The van der Waals surface area contributed by atoms with Crippen molar-refractivity contribution >= 4 is 12.3 Å². The summed E-state index contributed by atoms with van der Waals surface area (Å²) in [6.07, 6.45) is -0.278. The summed E-state index contributed by atoms with van der Waals surface area (Å²) < 4.78 is 34.0. The smallest absolute Gasteiger partial charge is 0.542 e. The minimum absolute atomic E-state index is 0. The van der Waals surface area contributed by atoms with Crippen LogP contribution in [0.1, 0.15) is 0 Å². The molecular weight excluding hydrogens is 227 g/mol. The van der Waals surface area contributed by atoms with Gasteiger partial charge in [0, 0.05) is 0 Å². The second kappa shape index (κ2) is 7.89. The number of hydrogen-bond donors (Lipinski definition) is 0. The van der Waals surface area contributed by atoms with E-state index in [4.69, 9.17) is 33.3 Å². The molecule has 1 radical (unpaired) electrons. The Labute approximate surface area is 73.5 Å². The molecule has 11 heavy (non-hydrogen) atoms. The van der Waals surface area contributed by atoms with Gasteiger partial charge >= 0.3 is 17.1 Å². The van der Waals surface area contributed by atoms with Crippen LogP contribution in [0.5, 0.6) is 0 Å². The molecule has 0 aliphatic heterocycles. The maximum atomic E-state index is 8.89. The average molecular weight is 228 g/mol. The van der Waals surface area contributed by atoms with Crippen molar-refractivity contribution in [3.8, 4) is 0 Å². The molecule has 0 amide bonds. The molecule has 0 unspecified atom stereocenters. The first-order chi connectivity index (χ1) is 4.27. The van der Waals surface area contributed by atoms with Crippen LogP contribution in [0.2, 0.25) is 0 Å². The standard InChI is InChI=1S/C2H2O3.ClHO4.Fe/c3-1-2(4)5;2-1(3,4)5;/h1H,(H,4,5);(H,2,3,4,5);/q;;+3/p-2. The van der Waals surface area contributed by atoms with Crippen molar-refractivity contribution in [1.82, 2.24) is 0 Å². The van der Waals surface area contributed by atoms with Crippen LogP contribution in [-0.2, 0) is 26.7 Å². The maximum absolute atomic E-state index is 8.89. The van der Waals surface area contributed by atoms with Gasteiger partial charge in [0.1, 0.15) is 5.97 Å². The number of carbonyl (C=O) groups is 2. The maximum Gasteiger partial charge on any atom is 3.00 e. The monoisotopic (exact) mass is 228 g/mol. The third kappa shape index (κ3) is 185. The molecule has 7 nitrogen and oxygen atoms in total. The quantitative estimate of drug-likeness (QED) is 0.246. The van der Waals surface area contributed by atoms with Crippen molar-refractivity contribution < 1.29 is 60.6 Å². The summed E-state index contributed by atoms with van der Waals surface area (Å²) >= 11 is 0. The Morgan fingerprint density at radius 3 is 1.27 bits per heavy atom. The molecule has 0 fully saturated rings. The van der Waals surface area contributed by atoms with Crippen molar-refractivity contribution in [3.63, 3.8) is 0 Å². The van der Waals surface area contributed by atoms with Gasteiger partial charge in [0.2, 0.25) is 0 Å². The Kier molecular flexibility index (Phi) is 12.2. The summed E-state index contributed by atoms with van der Waals surface area (Å²) in [6, 6.07) is 0. The predicted octanol–water partition coefficient (Wildman–Crippen LogP) is -6.82. The minimum Gasteiger partial charge on any atom is -0.542 e. The minimum atomic E-state index is -4.94. The Morgan fingerprint density at radius 2 is 1.27 bits per heavy atom. The first kappa shape index (κ1) is 17.0. The van der Waals surface area contributed by atoms with E-state index in [1.54, 1.807) is 0 Å². The van der Waals surface area contributed by atoms with Gasteiger partial charge < -0.3 is 9.90 Å². The molecule has 0 rings (SSSR count). The zero-order valence-corrected chi connectivity index (χ0v) is 6.53. The van der Waals surface area contributed by atoms with Crippen LogP contribution in [0.15, 0.2) is 0 Å². The van der Waals surface area contributed by atoms with Gasteiger partial charge in [-0.1, -0.05) is 0 Å². The molecule has 0 aromatic heterocycles. The third-order valence-corrected chi connectivity index (χ3v) is 0.0962. The van der Waals surface area contributed by atoms with Gasteiger partial charge in [-0.05, 0) is 0 Å². The average Bonchev–Trinajstić information content (AvgIpc) is 1.61. The van der Waals surface area contributed by atoms with Crippen molar-refractivity contribution in [3.05, 3.63) is 0 Å². The molecule has 0 bridgehead atoms. The molecule has 0 aliphatic carbocycles. The summed E-state index contributed by atoms with van der Waals surface area (Å²) in [5.74, 6) is -1.68. The van der Waals surface area contributed by atoms with Crippen LogP contribution in [0, 0.1) is 10.2 Å². The van der Waals surface area contributed by atoms with E-state index in [0.29, 0.717) is 0 Å². The number of aliphatic carboxylic acids is 1. The van der Waals surface area contributed by atoms with Crippen molar-refractivity contribution in [2.24, 2.45) is 0 Å². The number of aldehydes is 1. The zero-order valence-electron chi connectivity index (χ0n) is 4.67. The number of carboxylic acids is 1. The second-order valence-corrected chi connectivity index (χ2v) is 1.57. The van der Waals surface area contributed by atoms with Gasteiger partial charge in [-0.25, -0.2) is 18.6 Å². The molecule has 0 heterocycles. The number of halogens is 1. The van der Waals surface area contributed by atoms with E-state index in [-0.39, 0.29) is 23.4 Å². The number of carboxylic acid groups (broad SMARTS) is 1. The van der Waals surface area contributed by atoms with Gasteiger partial charge in [-0.3, -0.25) is 4.79 Å². The summed E-state index contributed by atoms with van der Waals surface area (Å²) in [5, 5.41) is 8.89. The van der Waals surface area contributed by atoms with Gasteiger partial charge in [0.25, 0.3) is 0 Å². The largest absolute Gasteiger partial charge is 3.00 e. The topological polar surface area (TPSA) is 149 Å². The van der Waals surface area contributed by atoms with Crippen LogP contribution >= 0.6 is 0 Å².